The first kappa shape index (κ1) is 11.0. The van der Waals surface area contributed by atoms with Crippen molar-refractivity contribution in [2.45, 2.75) is 32.7 Å². The van der Waals surface area contributed by atoms with Crippen LogP contribution >= 0.6 is 0 Å². The predicted molar refractivity (Wildman–Crippen MR) is 53.2 cm³/mol. The summed E-state index contributed by atoms with van der Waals surface area (Å²) in [7, 11) is 0. The Balaban J connectivity index is 2.66. The van der Waals surface area contributed by atoms with Gasteiger partial charge in [0.05, 0.1) is 17.5 Å². The minimum atomic E-state index is -0.303. The molecule has 1 rings (SSSR count). The molecule has 4 heteroatoms. The van der Waals surface area contributed by atoms with E-state index < -0.39 is 0 Å². The molecular formula is C10H17N3O. The highest BCUT2D eigenvalue weighted by Crippen LogP contribution is 2.30. The smallest absolute Gasteiger partial charge is 0.234 e. The average Bonchev–Trinajstić information content (AvgIpc) is 2.50. The van der Waals surface area contributed by atoms with Crippen molar-refractivity contribution in [1.29, 1.82) is 5.26 Å². The van der Waals surface area contributed by atoms with Crippen molar-refractivity contribution in [2.24, 2.45) is 11.1 Å². The molecule has 1 fully saturated rings. The number of nitrogens with zero attached hydrogens (tertiary/aromatic N) is 2. The van der Waals surface area contributed by atoms with Gasteiger partial charge in [0.15, 0.2) is 0 Å². The third-order valence-electron chi connectivity index (χ3n) is 2.93. The van der Waals surface area contributed by atoms with Gasteiger partial charge in [-0.05, 0) is 19.8 Å². The zero-order valence-electron chi connectivity index (χ0n) is 8.79. The second-order valence-corrected chi connectivity index (χ2v) is 4.22. The van der Waals surface area contributed by atoms with Crippen LogP contribution in [0.25, 0.3) is 0 Å². The van der Waals surface area contributed by atoms with Crippen molar-refractivity contribution >= 4 is 5.91 Å². The molecule has 14 heavy (non-hydrogen) atoms. The maximum atomic E-state index is 11.1. The minimum Gasteiger partial charge on any atom is -0.368 e. The summed E-state index contributed by atoms with van der Waals surface area (Å²) in [4.78, 5) is 13.1. The lowest BCUT2D eigenvalue weighted by molar-refractivity contribution is -0.123. The topological polar surface area (TPSA) is 70.1 Å². The third-order valence-corrected chi connectivity index (χ3v) is 2.93. The number of hydrogen-bond donors (Lipinski definition) is 1. The molecule has 0 aromatic heterocycles. The first-order valence-electron chi connectivity index (χ1n) is 4.97. The Morgan fingerprint density at radius 2 is 2.43 bits per heavy atom. The van der Waals surface area contributed by atoms with Gasteiger partial charge in [-0.15, -0.1) is 0 Å². The van der Waals surface area contributed by atoms with Gasteiger partial charge < -0.3 is 5.73 Å². The van der Waals surface area contributed by atoms with Gasteiger partial charge in [0.25, 0.3) is 0 Å². The Hall–Kier alpha value is -1.08. The van der Waals surface area contributed by atoms with Gasteiger partial charge in [-0.1, -0.05) is 6.92 Å². The van der Waals surface area contributed by atoms with Crippen molar-refractivity contribution in [2.75, 3.05) is 13.1 Å². The van der Waals surface area contributed by atoms with E-state index in [-0.39, 0.29) is 17.4 Å². The zero-order valence-corrected chi connectivity index (χ0v) is 8.79. The molecule has 0 radical (unpaired) electrons. The molecule has 0 aromatic carbocycles. The van der Waals surface area contributed by atoms with Crippen molar-refractivity contribution in [3.8, 4) is 6.07 Å². The molecule has 4 nitrogen and oxygen atoms in total. The molecule has 1 aliphatic heterocycles. The number of nitriles is 1. The molecule has 0 aromatic rings. The highest BCUT2D eigenvalue weighted by atomic mass is 16.1. The van der Waals surface area contributed by atoms with Crippen molar-refractivity contribution < 1.29 is 4.79 Å². The summed E-state index contributed by atoms with van der Waals surface area (Å²) < 4.78 is 0. The van der Waals surface area contributed by atoms with Crippen LogP contribution in [0, 0.1) is 16.7 Å². The fourth-order valence-corrected chi connectivity index (χ4v) is 1.99. The van der Waals surface area contributed by atoms with Crippen LogP contribution in [0.3, 0.4) is 0 Å². The van der Waals surface area contributed by atoms with Crippen LogP contribution < -0.4 is 5.73 Å². The fourth-order valence-electron chi connectivity index (χ4n) is 1.99. The number of primary amides is 1. The largest absolute Gasteiger partial charge is 0.368 e. The van der Waals surface area contributed by atoms with E-state index in [0.717, 1.165) is 19.4 Å². The molecule has 1 saturated heterocycles. The zero-order chi connectivity index (χ0) is 10.8. The van der Waals surface area contributed by atoms with Crippen LogP contribution in [-0.4, -0.2) is 29.9 Å². The van der Waals surface area contributed by atoms with Gasteiger partial charge in [-0.25, -0.2) is 0 Å². The summed E-state index contributed by atoms with van der Waals surface area (Å²) in [5.74, 6) is -0.283. The lowest BCUT2D eigenvalue weighted by Gasteiger charge is -2.24. The van der Waals surface area contributed by atoms with Crippen LogP contribution in [0.1, 0.15) is 26.7 Å². The van der Waals surface area contributed by atoms with Crippen molar-refractivity contribution in [3.63, 3.8) is 0 Å². The summed E-state index contributed by atoms with van der Waals surface area (Å²) in [6.45, 7) is 5.33. The molecule has 1 aliphatic rings. The van der Waals surface area contributed by atoms with Crippen molar-refractivity contribution in [3.05, 3.63) is 0 Å². The van der Waals surface area contributed by atoms with E-state index in [4.69, 9.17) is 11.0 Å². The lowest BCUT2D eigenvalue weighted by Crippen LogP contribution is -2.43. The van der Waals surface area contributed by atoms with E-state index in [0.29, 0.717) is 6.54 Å². The number of hydrogen-bond acceptors (Lipinski definition) is 3. The number of likely N-dealkylation sites (tertiary alicyclic amines) is 1. The molecule has 0 aliphatic carbocycles. The SMILES string of the molecule is CCC(C(N)=O)N1CCC(C)(C#N)C1. The number of nitrogens with two attached hydrogens (primary N) is 1. The average molecular weight is 195 g/mol. The standard InChI is InChI=1S/C10H17N3O/c1-3-8(9(12)14)13-5-4-10(2,6-11)7-13/h8H,3-5,7H2,1-2H3,(H2,12,14). The summed E-state index contributed by atoms with van der Waals surface area (Å²) in [6.07, 6.45) is 1.55. The highest BCUT2D eigenvalue weighted by Gasteiger charge is 2.37. The second kappa shape index (κ2) is 3.97. The highest BCUT2D eigenvalue weighted by molar-refractivity contribution is 5.79. The van der Waals surface area contributed by atoms with Crippen LogP contribution in [0.4, 0.5) is 0 Å². The Morgan fingerprint density at radius 1 is 1.79 bits per heavy atom. The normalized spacial score (nSPS) is 29.8. The van der Waals surface area contributed by atoms with Gasteiger partial charge in [0, 0.05) is 13.1 Å². The first-order valence-corrected chi connectivity index (χ1v) is 4.97. The summed E-state index contributed by atoms with van der Waals surface area (Å²) in [5.41, 5.74) is 4.99. The molecule has 0 spiro atoms. The number of carbonyl (C=O) groups excluding carboxylic acids is 1. The molecule has 0 bridgehead atoms. The van der Waals surface area contributed by atoms with E-state index >= 15 is 0 Å². The van der Waals surface area contributed by atoms with Crippen LogP contribution in [0.15, 0.2) is 0 Å². The predicted octanol–water partition coefficient (Wildman–Crippen LogP) is 0.486. The van der Waals surface area contributed by atoms with E-state index in [9.17, 15) is 4.79 Å². The fraction of sp³-hybridized carbons (Fsp3) is 0.800. The van der Waals surface area contributed by atoms with Gasteiger partial charge >= 0.3 is 0 Å². The van der Waals surface area contributed by atoms with Gasteiger partial charge in [-0.3, -0.25) is 9.69 Å². The lowest BCUT2D eigenvalue weighted by atomic mass is 9.92. The first-order chi connectivity index (χ1) is 6.52. The van der Waals surface area contributed by atoms with Crippen LogP contribution in [0.5, 0.6) is 0 Å². The molecule has 1 heterocycles. The maximum Gasteiger partial charge on any atom is 0.234 e. The Kier molecular flexibility index (Phi) is 3.12. The summed E-state index contributed by atoms with van der Waals surface area (Å²) in [5, 5.41) is 8.94. The molecule has 2 N–H and O–H groups in total. The number of rotatable bonds is 3. The van der Waals surface area contributed by atoms with Gasteiger partial charge in [-0.2, -0.15) is 5.26 Å². The van der Waals surface area contributed by atoms with Crippen molar-refractivity contribution in [1.82, 2.24) is 4.90 Å². The maximum absolute atomic E-state index is 11.1. The summed E-state index contributed by atoms with van der Waals surface area (Å²) >= 11 is 0. The Bertz CT molecular complexity index is 271. The van der Waals surface area contributed by atoms with E-state index in [1.807, 2.05) is 18.7 Å². The quantitative estimate of drug-likeness (QED) is 0.712. The third kappa shape index (κ3) is 2.05. The monoisotopic (exact) mass is 195 g/mol. The molecule has 1 amide bonds. The van der Waals surface area contributed by atoms with E-state index in [1.54, 1.807) is 0 Å². The molecule has 2 unspecified atom stereocenters. The Morgan fingerprint density at radius 3 is 2.79 bits per heavy atom. The van der Waals surface area contributed by atoms with Gasteiger partial charge in [0.2, 0.25) is 5.91 Å². The molecule has 78 valence electrons. The Labute approximate surface area is 84.7 Å². The minimum absolute atomic E-state index is 0.204. The van der Waals surface area contributed by atoms with Crippen LogP contribution in [0.2, 0.25) is 0 Å². The molecule has 0 saturated carbocycles. The summed E-state index contributed by atoms with van der Waals surface area (Å²) in [6, 6.07) is 2.09. The van der Waals surface area contributed by atoms with E-state index in [2.05, 4.69) is 6.07 Å². The molecular weight excluding hydrogens is 178 g/mol. The number of carbonyl (C=O) groups is 1. The second-order valence-electron chi connectivity index (χ2n) is 4.22. The number of amides is 1. The van der Waals surface area contributed by atoms with Crippen LogP contribution in [-0.2, 0) is 4.79 Å². The van der Waals surface area contributed by atoms with E-state index in [1.165, 1.54) is 0 Å². The molecule has 2 atom stereocenters. The van der Waals surface area contributed by atoms with Gasteiger partial charge in [0.1, 0.15) is 0 Å².